The third-order valence-electron chi connectivity index (χ3n) is 8.44. The zero-order valence-corrected chi connectivity index (χ0v) is 31.7. The predicted molar refractivity (Wildman–Crippen MR) is 200 cm³/mol. The summed E-state index contributed by atoms with van der Waals surface area (Å²) in [6, 6.07) is 8.29. The van der Waals surface area contributed by atoms with Gasteiger partial charge in [0.2, 0.25) is 27.7 Å². The van der Waals surface area contributed by atoms with Crippen molar-refractivity contribution in [1.82, 2.24) is 20.7 Å². The largest absolute Gasteiger partial charge is 0.461 e. The average molecular weight is 723 g/mol. The van der Waals surface area contributed by atoms with Gasteiger partial charge in [-0.25, -0.2) is 13.1 Å². The van der Waals surface area contributed by atoms with Crippen molar-refractivity contribution in [3.8, 4) is 0 Å². The van der Waals surface area contributed by atoms with Crippen LogP contribution in [0, 0.1) is 0 Å². The molecule has 0 spiro atoms. The minimum atomic E-state index is -3.18. The van der Waals surface area contributed by atoms with Crippen LogP contribution in [0.1, 0.15) is 147 Å². The van der Waals surface area contributed by atoms with Gasteiger partial charge in [-0.15, -0.1) is 0 Å². The number of sulfonamides is 1. The maximum atomic E-state index is 13.0. The van der Waals surface area contributed by atoms with E-state index in [1.165, 1.54) is 57.8 Å². The molecule has 0 bridgehead atoms. The molecular weight excluding hydrogens is 657 g/mol. The number of rotatable bonds is 32. The SMILES string of the molecule is CCCCCCCCCCCCCCNC(=O)C(CC(=O)OCc1ccccc1)NC(=O)CCCCCNC(=O)CCCCCNS(C)(=O)=O. The topological polar surface area (TPSA) is 160 Å². The lowest BCUT2D eigenvalue weighted by atomic mass is 10.1. The fraction of sp³-hybridized carbons (Fsp3) is 0.737. The first-order valence-electron chi connectivity index (χ1n) is 19.1. The van der Waals surface area contributed by atoms with Gasteiger partial charge in [0.15, 0.2) is 0 Å². The molecule has 50 heavy (non-hydrogen) atoms. The van der Waals surface area contributed by atoms with Crippen molar-refractivity contribution < 1.29 is 32.3 Å². The van der Waals surface area contributed by atoms with Crippen LogP contribution in [0.5, 0.6) is 0 Å². The van der Waals surface area contributed by atoms with Crippen LogP contribution < -0.4 is 20.7 Å². The highest BCUT2D eigenvalue weighted by atomic mass is 32.2. The number of carbonyl (C=O) groups excluding carboxylic acids is 4. The van der Waals surface area contributed by atoms with Gasteiger partial charge in [0, 0.05) is 32.5 Å². The Morgan fingerprint density at radius 3 is 1.72 bits per heavy atom. The van der Waals surface area contributed by atoms with E-state index < -0.39 is 22.0 Å². The molecule has 4 N–H and O–H groups in total. The summed E-state index contributed by atoms with van der Waals surface area (Å²) in [6.45, 7) is 3.71. The Morgan fingerprint density at radius 1 is 0.640 bits per heavy atom. The molecule has 12 heteroatoms. The molecule has 0 radical (unpaired) electrons. The van der Waals surface area contributed by atoms with Crippen molar-refractivity contribution in [2.75, 3.05) is 25.9 Å². The van der Waals surface area contributed by atoms with Crippen molar-refractivity contribution in [1.29, 1.82) is 0 Å². The molecule has 0 aliphatic carbocycles. The number of amides is 3. The number of ether oxygens (including phenoxy) is 1. The van der Waals surface area contributed by atoms with Crippen LogP contribution in [0.2, 0.25) is 0 Å². The van der Waals surface area contributed by atoms with Crippen LogP contribution in [0.15, 0.2) is 30.3 Å². The Kier molecular flexibility index (Phi) is 26.8. The first-order valence-corrected chi connectivity index (χ1v) is 21.0. The summed E-state index contributed by atoms with van der Waals surface area (Å²) in [5, 5.41) is 8.51. The smallest absolute Gasteiger partial charge is 0.308 e. The minimum absolute atomic E-state index is 0.0460. The second-order valence-corrected chi connectivity index (χ2v) is 15.1. The summed E-state index contributed by atoms with van der Waals surface area (Å²) < 4.78 is 29.9. The molecular formula is C38H66N4O7S. The highest BCUT2D eigenvalue weighted by Crippen LogP contribution is 2.12. The fourth-order valence-electron chi connectivity index (χ4n) is 5.49. The normalized spacial score (nSPS) is 11.9. The van der Waals surface area contributed by atoms with E-state index in [-0.39, 0.29) is 37.2 Å². The molecule has 1 atom stereocenters. The van der Waals surface area contributed by atoms with Crippen molar-refractivity contribution in [3.05, 3.63) is 35.9 Å². The third-order valence-corrected chi connectivity index (χ3v) is 9.17. The molecule has 0 aliphatic heterocycles. The molecule has 0 saturated carbocycles. The summed E-state index contributed by atoms with van der Waals surface area (Å²) in [5.41, 5.74) is 0.841. The number of hydrogen-bond acceptors (Lipinski definition) is 7. The van der Waals surface area contributed by atoms with Gasteiger partial charge in [-0.05, 0) is 37.7 Å². The van der Waals surface area contributed by atoms with Gasteiger partial charge < -0.3 is 20.7 Å². The van der Waals surface area contributed by atoms with E-state index in [1.54, 1.807) is 0 Å². The van der Waals surface area contributed by atoms with Gasteiger partial charge in [-0.3, -0.25) is 19.2 Å². The molecule has 0 fully saturated rings. The van der Waals surface area contributed by atoms with Gasteiger partial charge >= 0.3 is 5.97 Å². The Morgan fingerprint density at radius 2 is 1.14 bits per heavy atom. The summed E-state index contributed by atoms with van der Waals surface area (Å²) in [7, 11) is -3.18. The molecule has 1 unspecified atom stereocenters. The van der Waals surface area contributed by atoms with Crippen LogP contribution in [0.4, 0.5) is 0 Å². The highest BCUT2D eigenvalue weighted by molar-refractivity contribution is 7.88. The zero-order valence-electron chi connectivity index (χ0n) is 30.9. The van der Waals surface area contributed by atoms with E-state index >= 15 is 0 Å². The molecule has 1 aromatic carbocycles. The van der Waals surface area contributed by atoms with E-state index in [1.807, 2.05) is 30.3 Å². The summed E-state index contributed by atoms with van der Waals surface area (Å²) >= 11 is 0. The van der Waals surface area contributed by atoms with Crippen LogP contribution >= 0.6 is 0 Å². The van der Waals surface area contributed by atoms with Gasteiger partial charge in [-0.1, -0.05) is 121 Å². The molecule has 1 rings (SSSR count). The average Bonchev–Trinajstić information content (AvgIpc) is 3.08. The number of benzene rings is 1. The standard InChI is InChI=1S/C38H66N4O7S/c1-3-4-5-6-7-8-9-10-11-12-13-21-29-40-38(46)34(31-37(45)49-32-33-24-17-14-18-25-33)42-36(44)27-20-15-22-28-39-35(43)26-19-16-23-30-41-50(2,47)48/h14,17-18,24-25,34,41H,3-13,15-16,19-23,26-32H2,1-2H3,(H,39,43)(H,40,46)(H,42,44). The lowest BCUT2D eigenvalue weighted by molar-refractivity contribution is -0.147. The lowest BCUT2D eigenvalue weighted by Crippen LogP contribution is -2.48. The Bertz CT molecular complexity index is 1160. The first-order chi connectivity index (χ1) is 24.1. The van der Waals surface area contributed by atoms with Gasteiger partial charge in [0.05, 0.1) is 12.7 Å². The number of unbranched alkanes of at least 4 members (excludes halogenated alkanes) is 15. The van der Waals surface area contributed by atoms with E-state index in [2.05, 4.69) is 27.6 Å². The molecule has 0 aliphatic rings. The fourth-order valence-corrected chi connectivity index (χ4v) is 6.00. The van der Waals surface area contributed by atoms with Gasteiger partial charge in [0.25, 0.3) is 0 Å². The van der Waals surface area contributed by atoms with E-state index in [0.29, 0.717) is 51.7 Å². The van der Waals surface area contributed by atoms with Crippen molar-refractivity contribution in [2.45, 2.75) is 154 Å². The Hall–Kier alpha value is -2.99. The maximum absolute atomic E-state index is 13.0. The molecule has 0 saturated heterocycles. The molecule has 0 aromatic heterocycles. The monoisotopic (exact) mass is 722 g/mol. The van der Waals surface area contributed by atoms with Crippen LogP contribution in [0.25, 0.3) is 0 Å². The lowest BCUT2D eigenvalue weighted by Gasteiger charge is -2.18. The quantitative estimate of drug-likeness (QED) is 0.0508. The number of nitrogens with one attached hydrogen (secondary N) is 4. The molecule has 3 amide bonds. The second-order valence-electron chi connectivity index (χ2n) is 13.3. The number of esters is 1. The van der Waals surface area contributed by atoms with E-state index in [0.717, 1.165) is 43.9 Å². The molecule has 286 valence electrons. The van der Waals surface area contributed by atoms with Crippen molar-refractivity contribution >= 4 is 33.7 Å². The van der Waals surface area contributed by atoms with Crippen molar-refractivity contribution in [3.63, 3.8) is 0 Å². The van der Waals surface area contributed by atoms with Gasteiger partial charge in [-0.2, -0.15) is 0 Å². The van der Waals surface area contributed by atoms with Gasteiger partial charge in [0.1, 0.15) is 12.6 Å². The number of hydrogen-bond donors (Lipinski definition) is 4. The summed E-state index contributed by atoms with van der Waals surface area (Å²) in [5.74, 6) is -1.29. The molecule has 0 heterocycles. The van der Waals surface area contributed by atoms with E-state index in [9.17, 15) is 27.6 Å². The van der Waals surface area contributed by atoms with Crippen LogP contribution in [-0.4, -0.2) is 64.0 Å². The highest BCUT2D eigenvalue weighted by Gasteiger charge is 2.24. The zero-order chi connectivity index (χ0) is 36.7. The Balaban J connectivity index is 2.32. The molecule has 11 nitrogen and oxygen atoms in total. The summed E-state index contributed by atoms with van der Waals surface area (Å²) in [4.78, 5) is 50.4. The van der Waals surface area contributed by atoms with Crippen LogP contribution in [0.3, 0.4) is 0 Å². The minimum Gasteiger partial charge on any atom is -0.461 e. The second kappa shape index (κ2) is 29.7. The van der Waals surface area contributed by atoms with Crippen LogP contribution in [-0.2, 0) is 40.5 Å². The van der Waals surface area contributed by atoms with Crippen molar-refractivity contribution in [2.24, 2.45) is 0 Å². The maximum Gasteiger partial charge on any atom is 0.308 e. The number of carbonyl (C=O) groups is 4. The summed E-state index contributed by atoms with van der Waals surface area (Å²) in [6.07, 6.45) is 20.3. The first kappa shape index (κ1) is 45.0. The third kappa shape index (κ3) is 27.8. The molecule has 1 aromatic rings. The Labute approximate surface area is 302 Å². The van der Waals surface area contributed by atoms with E-state index in [4.69, 9.17) is 4.74 Å². The predicted octanol–water partition coefficient (Wildman–Crippen LogP) is 6.21.